The van der Waals surface area contributed by atoms with Crippen LogP contribution in [-0.2, 0) is 10.3 Å². The van der Waals surface area contributed by atoms with Gasteiger partial charge in [-0.25, -0.2) is 4.89 Å². The third-order valence-corrected chi connectivity index (χ3v) is 6.10. The maximum absolute atomic E-state index is 12.7. The van der Waals surface area contributed by atoms with Crippen molar-refractivity contribution >= 4 is 5.78 Å². The minimum absolute atomic E-state index is 0.0312. The Hall–Kier alpha value is -1.19. The number of carbonyl (C=O) groups excluding carboxylic acids is 1. The van der Waals surface area contributed by atoms with E-state index in [0.29, 0.717) is 12.3 Å². The van der Waals surface area contributed by atoms with Crippen LogP contribution in [0.2, 0.25) is 0 Å². The quantitative estimate of drug-likeness (QED) is 0.636. The summed E-state index contributed by atoms with van der Waals surface area (Å²) in [5.74, 6) is 0.634. The van der Waals surface area contributed by atoms with Gasteiger partial charge in [0.1, 0.15) is 5.60 Å². The van der Waals surface area contributed by atoms with Crippen LogP contribution in [0.25, 0.3) is 0 Å². The van der Waals surface area contributed by atoms with Crippen molar-refractivity contribution < 1.29 is 14.9 Å². The van der Waals surface area contributed by atoms with Crippen molar-refractivity contribution in [2.24, 2.45) is 5.92 Å². The monoisotopic (exact) mass is 302 g/mol. The highest BCUT2D eigenvalue weighted by Gasteiger charge is 2.54. The van der Waals surface area contributed by atoms with Gasteiger partial charge in [-0.05, 0) is 54.7 Å². The lowest BCUT2D eigenvalue weighted by atomic mass is 9.53. The van der Waals surface area contributed by atoms with Crippen molar-refractivity contribution in [2.45, 2.75) is 70.3 Å². The SMILES string of the molecule is CC(C)c1ccc2c(c1)C(=O)C[C@H]1[C@@](C)(OO)CCC[C@]21C. The molecule has 1 saturated carbocycles. The van der Waals surface area contributed by atoms with Crippen LogP contribution in [0.1, 0.15) is 80.8 Å². The predicted molar refractivity (Wildman–Crippen MR) is 86.3 cm³/mol. The highest BCUT2D eigenvalue weighted by molar-refractivity contribution is 5.99. The predicted octanol–water partition coefficient (Wildman–Crippen LogP) is 4.70. The lowest BCUT2D eigenvalue weighted by Crippen LogP contribution is -2.54. The van der Waals surface area contributed by atoms with Gasteiger partial charge in [0.15, 0.2) is 5.78 Å². The number of ketones is 1. The molecule has 2 aliphatic rings. The Morgan fingerprint density at radius 1 is 1.27 bits per heavy atom. The van der Waals surface area contributed by atoms with E-state index in [-0.39, 0.29) is 17.1 Å². The molecule has 1 fully saturated rings. The molecule has 3 rings (SSSR count). The van der Waals surface area contributed by atoms with Crippen molar-refractivity contribution in [3.05, 3.63) is 34.9 Å². The molecule has 22 heavy (non-hydrogen) atoms. The van der Waals surface area contributed by atoms with Crippen LogP contribution in [0.4, 0.5) is 0 Å². The minimum Gasteiger partial charge on any atom is -0.294 e. The van der Waals surface area contributed by atoms with E-state index in [2.05, 4.69) is 39.0 Å². The summed E-state index contributed by atoms with van der Waals surface area (Å²) >= 11 is 0. The smallest absolute Gasteiger partial charge is 0.163 e. The van der Waals surface area contributed by atoms with E-state index < -0.39 is 5.60 Å². The lowest BCUT2D eigenvalue weighted by Gasteiger charge is -2.53. The molecule has 0 saturated heterocycles. The zero-order chi connectivity index (χ0) is 16.1. The van der Waals surface area contributed by atoms with Crippen molar-refractivity contribution in [1.29, 1.82) is 0 Å². The molecule has 120 valence electrons. The molecule has 3 heteroatoms. The first-order valence-electron chi connectivity index (χ1n) is 8.32. The van der Waals surface area contributed by atoms with Gasteiger partial charge in [-0.2, -0.15) is 0 Å². The van der Waals surface area contributed by atoms with Crippen molar-refractivity contribution in [3.8, 4) is 0 Å². The molecule has 0 heterocycles. The topological polar surface area (TPSA) is 46.5 Å². The molecule has 3 nitrogen and oxygen atoms in total. The molecule has 0 unspecified atom stereocenters. The fraction of sp³-hybridized carbons (Fsp3) is 0.632. The normalized spacial score (nSPS) is 34.5. The first-order chi connectivity index (χ1) is 10.3. The Balaban J connectivity index is 2.14. The number of Topliss-reactive ketones (excluding diaryl/α,β-unsaturated/α-hetero) is 1. The van der Waals surface area contributed by atoms with E-state index in [0.717, 1.165) is 30.4 Å². The van der Waals surface area contributed by atoms with Crippen molar-refractivity contribution in [2.75, 3.05) is 0 Å². The Morgan fingerprint density at radius 3 is 2.64 bits per heavy atom. The third kappa shape index (κ3) is 2.14. The summed E-state index contributed by atoms with van der Waals surface area (Å²) in [4.78, 5) is 17.6. The summed E-state index contributed by atoms with van der Waals surface area (Å²) < 4.78 is 0. The van der Waals surface area contributed by atoms with Gasteiger partial charge < -0.3 is 0 Å². The maximum atomic E-state index is 12.7. The second-order valence-electron chi connectivity index (χ2n) is 7.81. The molecule has 1 aromatic rings. The number of hydrogen-bond donors (Lipinski definition) is 1. The van der Waals surface area contributed by atoms with Crippen LogP contribution < -0.4 is 0 Å². The van der Waals surface area contributed by atoms with E-state index in [4.69, 9.17) is 4.89 Å². The first kappa shape index (κ1) is 15.7. The molecular weight excluding hydrogens is 276 g/mol. The molecule has 0 aliphatic heterocycles. The van der Waals surface area contributed by atoms with E-state index in [1.807, 2.05) is 6.92 Å². The number of benzene rings is 1. The molecule has 2 aliphatic carbocycles. The van der Waals surface area contributed by atoms with Crippen LogP contribution in [0.5, 0.6) is 0 Å². The second-order valence-corrected chi connectivity index (χ2v) is 7.81. The summed E-state index contributed by atoms with van der Waals surface area (Å²) in [5, 5.41) is 9.44. The molecule has 3 atom stereocenters. The Labute approximate surface area is 132 Å². The zero-order valence-electron chi connectivity index (χ0n) is 14.0. The molecule has 1 aromatic carbocycles. The van der Waals surface area contributed by atoms with Gasteiger partial charge in [0, 0.05) is 17.9 Å². The van der Waals surface area contributed by atoms with Crippen LogP contribution >= 0.6 is 0 Å². The Morgan fingerprint density at radius 2 is 2.00 bits per heavy atom. The lowest BCUT2D eigenvalue weighted by molar-refractivity contribution is -0.344. The van der Waals surface area contributed by atoms with Crippen LogP contribution in [0.3, 0.4) is 0 Å². The van der Waals surface area contributed by atoms with E-state index >= 15 is 0 Å². The number of fused-ring (bicyclic) bond motifs is 3. The first-order valence-corrected chi connectivity index (χ1v) is 8.32. The van der Waals surface area contributed by atoms with Gasteiger partial charge in [-0.15, -0.1) is 0 Å². The molecule has 0 spiro atoms. The van der Waals surface area contributed by atoms with E-state index in [1.165, 1.54) is 5.56 Å². The van der Waals surface area contributed by atoms with Crippen LogP contribution in [0, 0.1) is 5.92 Å². The van der Waals surface area contributed by atoms with Gasteiger partial charge >= 0.3 is 0 Å². The summed E-state index contributed by atoms with van der Waals surface area (Å²) in [5.41, 5.74) is 2.50. The molecule has 0 amide bonds. The van der Waals surface area contributed by atoms with E-state index in [1.54, 1.807) is 0 Å². The van der Waals surface area contributed by atoms with Gasteiger partial charge in [0.25, 0.3) is 0 Å². The average molecular weight is 302 g/mol. The molecular formula is C19H26O3. The summed E-state index contributed by atoms with van der Waals surface area (Å²) in [6, 6.07) is 6.36. The second kappa shape index (κ2) is 5.17. The molecule has 1 N–H and O–H groups in total. The van der Waals surface area contributed by atoms with E-state index in [9.17, 15) is 10.1 Å². The standard InChI is InChI=1S/C19H26O3/c1-12(2)13-6-7-15-14(10-13)16(20)11-17-18(15,3)8-5-9-19(17,4)22-21/h6-7,10,12,17,21H,5,8-9,11H2,1-4H3/t17-,18-,19+/m1/s1. The zero-order valence-corrected chi connectivity index (χ0v) is 14.0. The maximum Gasteiger partial charge on any atom is 0.163 e. The highest BCUT2D eigenvalue weighted by atomic mass is 17.1. The van der Waals surface area contributed by atoms with Crippen LogP contribution in [-0.4, -0.2) is 16.6 Å². The van der Waals surface area contributed by atoms with Gasteiger partial charge in [-0.1, -0.05) is 32.9 Å². The Kier molecular flexibility index (Phi) is 3.69. The number of carbonyl (C=O) groups is 1. The largest absolute Gasteiger partial charge is 0.294 e. The number of rotatable bonds is 2. The van der Waals surface area contributed by atoms with Gasteiger partial charge in [0.2, 0.25) is 0 Å². The summed E-state index contributed by atoms with van der Waals surface area (Å²) in [6.07, 6.45) is 3.31. The summed E-state index contributed by atoms with van der Waals surface area (Å²) in [7, 11) is 0. The van der Waals surface area contributed by atoms with Gasteiger partial charge in [0.05, 0.1) is 0 Å². The highest BCUT2D eigenvalue weighted by Crippen LogP contribution is 2.54. The summed E-state index contributed by atoms with van der Waals surface area (Å²) in [6.45, 7) is 8.47. The Bertz CT molecular complexity index is 607. The van der Waals surface area contributed by atoms with Gasteiger partial charge in [-0.3, -0.25) is 10.1 Å². The fourth-order valence-electron chi connectivity index (χ4n) is 4.65. The average Bonchev–Trinajstić information content (AvgIpc) is 2.49. The van der Waals surface area contributed by atoms with Crippen LogP contribution in [0.15, 0.2) is 18.2 Å². The molecule has 0 bridgehead atoms. The molecule has 0 aromatic heterocycles. The molecule has 0 radical (unpaired) electrons. The fourth-order valence-corrected chi connectivity index (χ4v) is 4.65. The number of hydrogen-bond acceptors (Lipinski definition) is 3. The third-order valence-electron chi connectivity index (χ3n) is 6.10. The minimum atomic E-state index is -0.628. The van der Waals surface area contributed by atoms with Crippen molar-refractivity contribution in [1.82, 2.24) is 0 Å². The van der Waals surface area contributed by atoms with Crippen molar-refractivity contribution in [3.63, 3.8) is 0 Å².